The molecule has 0 saturated heterocycles. The molecule has 1 aromatic heterocycles. The Kier molecular flexibility index (Phi) is 5.38. The summed E-state index contributed by atoms with van der Waals surface area (Å²) in [5, 5.41) is 13.7. The molecule has 6 nitrogen and oxygen atoms in total. The minimum Gasteiger partial charge on any atom is -0.382 e. The molecule has 0 unspecified atom stereocenters. The standard InChI is InChI=1S/C18H15ClN4O2S/c19-14-6-7-17-16(10-14)18(13(11-20)12-22-17)21-8-9-23-26(24,25)15-4-2-1-3-5-15/h1-7,10,12,23H,8-9H2,(H,21,22). The number of anilines is 1. The van der Waals surface area contributed by atoms with Gasteiger partial charge in [0.15, 0.2) is 0 Å². The number of nitrogens with zero attached hydrogens (tertiary/aromatic N) is 2. The van der Waals surface area contributed by atoms with Crippen LogP contribution in [0.25, 0.3) is 10.9 Å². The van der Waals surface area contributed by atoms with Crippen molar-refractivity contribution in [3.05, 3.63) is 65.3 Å². The van der Waals surface area contributed by atoms with Gasteiger partial charge in [0.05, 0.1) is 21.7 Å². The second-order valence-electron chi connectivity index (χ2n) is 5.46. The highest BCUT2D eigenvalue weighted by molar-refractivity contribution is 7.89. The molecule has 132 valence electrons. The van der Waals surface area contributed by atoms with Gasteiger partial charge in [0.1, 0.15) is 6.07 Å². The Bertz CT molecular complexity index is 1080. The predicted molar refractivity (Wildman–Crippen MR) is 102 cm³/mol. The van der Waals surface area contributed by atoms with Gasteiger partial charge >= 0.3 is 0 Å². The molecule has 3 rings (SSSR count). The summed E-state index contributed by atoms with van der Waals surface area (Å²) in [5.74, 6) is 0. The molecule has 0 atom stereocenters. The summed E-state index contributed by atoms with van der Waals surface area (Å²) in [6.45, 7) is 0.457. The number of rotatable bonds is 6. The lowest BCUT2D eigenvalue weighted by atomic mass is 10.1. The molecule has 2 aromatic carbocycles. The largest absolute Gasteiger partial charge is 0.382 e. The Morgan fingerprint density at radius 1 is 1.12 bits per heavy atom. The van der Waals surface area contributed by atoms with Crippen molar-refractivity contribution in [2.24, 2.45) is 0 Å². The van der Waals surface area contributed by atoms with E-state index in [9.17, 15) is 13.7 Å². The molecular weight excluding hydrogens is 372 g/mol. The molecule has 2 N–H and O–H groups in total. The van der Waals surface area contributed by atoms with Crippen LogP contribution in [0.4, 0.5) is 5.69 Å². The second kappa shape index (κ2) is 7.70. The van der Waals surface area contributed by atoms with Crippen molar-refractivity contribution in [1.82, 2.24) is 9.71 Å². The van der Waals surface area contributed by atoms with Crippen LogP contribution in [-0.2, 0) is 10.0 Å². The first-order valence-electron chi connectivity index (χ1n) is 7.78. The van der Waals surface area contributed by atoms with Gasteiger partial charge in [-0.1, -0.05) is 29.8 Å². The minimum atomic E-state index is -3.57. The summed E-state index contributed by atoms with van der Waals surface area (Å²) in [5.41, 5.74) is 1.64. The number of halogens is 1. The van der Waals surface area contributed by atoms with Crippen LogP contribution in [-0.4, -0.2) is 26.5 Å². The Morgan fingerprint density at radius 2 is 1.88 bits per heavy atom. The first-order chi connectivity index (χ1) is 12.5. The Labute approximate surface area is 156 Å². The SMILES string of the molecule is N#Cc1cnc2ccc(Cl)cc2c1NCCNS(=O)(=O)c1ccccc1. The number of sulfonamides is 1. The topological polar surface area (TPSA) is 94.9 Å². The molecule has 0 fully saturated rings. The van der Waals surface area contributed by atoms with Crippen LogP contribution in [0.15, 0.2) is 59.6 Å². The summed E-state index contributed by atoms with van der Waals surface area (Å²) in [6.07, 6.45) is 1.48. The molecule has 0 aliphatic carbocycles. The van der Waals surface area contributed by atoms with Crippen LogP contribution >= 0.6 is 11.6 Å². The van der Waals surface area contributed by atoms with Crippen LogP contribution in [0.1, 0.15) is 5.56 Å². The molecule has 26 heavy (non-hydrogen) atoms. The molecule has 0 radical (unpaired) electrons. The van der Waals surface area contributed by atoms with E-state index in [1.54, 1.807) is 36.4 Å². The van der Waals surface area contributed by atoms with Crippen molar-refractivity contribution < 1.29 is 8.42 Å². The zero-order chi connectivity index (χ0) is 18.6. The Balaban J connectivity index is 1.74. The van der Waals surface area contributed by atoms with Crippen molar-refractivity contribution in [2.45, 2.75) is 4.90 Å². The van der Waals surface area contributed by atoms with E-state index in [1.807, 2.05) is 0 Å². The number of aromatic nitrogens is 1. The molecule has 3 aromatic rings. The average Bonchev–Trinajstić information content (AvgIpc) is 2.65. The number of hydrogen-bond acceptors (Lipinski definition) is 5. The van der Waals surface area contributed by atoms with Gasteiger partial charge in [-0.25, -0.2) is 13.1 Å². The number of benzene rings is 2. The Morgan fingerprint density at radius 3 is 2.62 bits per heavy atom. The lowest BCUT2D eigenvalue weighted by Crippen LogP contribution is -2.29. The number of nitriles is 1. The van der Waals surface area contributed by atoms with Gasteiger partial charge in [0, 0.05) is 29.7 Å². The van der Waals surface area contributed by atoms with E-state index in [1.165, 1.54) is 18.3 Å². The normalized spacial score (nSPS) is 11.2. The number of pyridine rings is 1. The molecule has 0 aliphatic rings. The quantitative estimate of drug-likeness (QED) is 0.634. The van der Waals surface area contributed by atoms with Crippen molar-refractivity contribution >= 4 is 38.2 Å². The van der Waals surface area contributed by atoms with Crippen LogP contribution in [0.5, 0.6) is 0 Å². The molecule has 1 heterocycles. The Hall–Kier alpha value is -2.66. The molecule has 0 saturated carbocycles. The van der Waals surface area contributed by atoms with Gasteiger partial charge < -0.3 is 5.32 Å². The van der Waals surface area contributed by atoms with E-state index in [-0.39, 0.29) is 11.4 Å². The van der Waals surface area contributed by atoms with E-state index < -0.39 is 10.0 Å². The van der Waals surface area contributed by atoms with Gasteiger partial charge in [-0.05, 0) is 30.3 Å². The molecule has 0 amide bonds. The average molecular weight is 387 g/mol. The third-order valence-electron chi connectivity index (χ3n) is 3.72. The highest BCUT2D eigenvalue weighted by Gasteiger charge is 2.13. The maximum Gasteiger partial charge on any atom is 0.240 e. The van der Waals surface area contributed by atoms with E-state index in [0.717, 1.165) is 0 Å². The van der Waals surface area contributed by atoms with E-state index >= 15 is 0 Å². The van der Waals surface area contributed by atoms with Gasteiger partial charge in [0.2, 0.25) is 10.0 Å². The lowest BCUT2D eigenvalue weighted by molar-refractivity contribution is 0.583. The molecular formula is C18H15ClN4O2S. The van der Waals surface area contributed by atoms with E-state index in [4.69, 9.17) is 11.6 Å². The lowest BCUT2D eigenvalue weighted by Gasteiger charge is -2.12. The van der Waals surface area contributed by atoms with Crippen LogP contribution in [0, 0.1) is 11.3 Å². The first-order valence-corrected chi connectivity index (χ1v) is 9.64. The number of nitrogens with one attached hydrogen (secondary N) is 2. The van der Waals surface area contributed by atoms with Crippen LogP contribution < -0.4 is 10.0 Å². The monoisotopic (exact) mass is 386 g/mol. The fourth-order valence-corrected chi connectivity index (χ4v) is 3.72. The smallest absolute Gasteiger partial charge is 0.240 e. The maximum atomic E-state index is 12.2. The predicted octanol–water partition coefficient (Wildman–Crippen LogP) is 3.15. The van der Waals surface area contributed by atoms with Gasteiger partial charge in [-0.2, -0.15) is 5.26 Å². The van der Waals surface area contributed by atoms with Crippen LogP contribution in [0.2, 0.25) is 5.02 Å². The van der Waals surface area contributed by atoms with Crippen molar-refractivity contribution in [3.8, 4) is 6.07 Å². The third-order valence-corrected chi connectivity index (χ3v) is 5.43. The van der Waals surface area contributed by atoms with Crippen LogP contribution in [0.3, 0.4) is 0 Å². The van der Waals surface area contributed by atoms with Crippen molar-refractivity contribution in [1.29, 1.82) is 5.26 Å². The highest BCUT2D eigenvalue weighted by atomic mass is 35.5. The zero-order valence-corrected chi connectivity index (χ0v) is 15.2. The van der Waals surface area contributed by atoms with E-state index in [2.05, 4.69) is 21.1 Å². The van der Waals surface area contributed by atoms with E-state index in [0.29, 0.717) is 33.7 Å². The minimum absolute atomic E-state index is 0.159. The first kappa shape index (κ1) is 18.1. The zero-order valence-electron chi connectivity index (χ0n) is 13.6. The fraction of sp³-hybridized carbons (Fsp3) is 0.111. The second-order valence-corrected chi connectivity index (χ2v) is 7.66. The number of fused-ring (bicyclic) bond motifs is 1. The maximum absolute atomic E-state index is 12.2. The molecule has 0 aliphatic heterocycles. The van der Waals surface area contributed by atoms with Gasteiger partial charge in [-0.3, -0.25) is 4.98 Å². The summed E-state index contributed by atoms with van der Waals surface area (Å²) >= 11 is 6.05. The highest BCUT2D eigenvalue weighted by Crippen LogP contribution is 2.27. The summed E-state index contributed by atoms with van der Waals surface area (Å²) in [6, 6.07) is 15.4. The summed E-state index contributed by atoms with van der Waals surface area (Å²) < 4.78 is 26.9. The van der Waals surface area contributed by atoms with Crippen molar-refractivity contribution in [2.75, 3.05) is 18.4 Å². The molecule has 0 spiro atoms. The molecule has 0 bridgehead atoms. The molecule has 8 heteroatoms. The summed E-state index contributed by atoms with van der Waals surface area (Å²) in [4.78, 5) is 4.44. The fourth-order valence-electron chi connectivity index (χ4n) is 2.50. The number of hydrogen-bond donors (Lipinski definition) is 2. The third kappa shape index (κ3) is 3.94. The van der Waals surface area contributed by atoms with Crippen molar-refractivity contribution in [3.63, 3.8) is 0 Å². The van der Waals surface area contributed by atoms with Gasteiger partial charge in [0.25, 0.3) is 0 Å². The summed E-state index contributed by atoms with van der Waals surface area (Å²) in [7, 11) is -3.57. The van der Waals surface area contributed by atoms with Gasteiger partial charge in [-0.15, -0.1) is 0 Å².